The zero-order valence-corrected chi connectivity index (χ0v) is 17.7. The summed E-state index contributed by atoms with van der Waals surface area (Å²) in [5.41, 5.74) is 2.14. The van der Waals surface area contributed by atoms with Crippen molar-refractivity contribution in [2.45, 2.75) is 25.3 Å². The van der Waals surface area contributed by atoms with E-state index in [0.29, 0.717) is 23.4 Å². The number of para-hydroxylation sites is 1. The van der Waals surface area contributed by atoms with Crippen LogP contribution in [0.25, 0.3) is 0 Å². The smallest absolute Gasteiger partial charge is 0.315 e. The first-order valence-corrected chi connectivity index (χ1v) is 10.4. The fourth-order valence-electron chi connectivity index (χ4n) is 4.19. The van der Waals surface area contributed by atoms with E-state index in [0.717, 1.165) is 17.7 Å². The van der Waals surface area contributed by atoms with Crippen LogP contribution in [-0.4, -0.2) is 30.4 Å². The molecule has 158 valence electrons. The van der Waals surface area contributed by atoms with Crippen LogP contribution in [0.5, 0.6) is 11.5 Å². The second kappa shape index (κ2) is 9.04. The molecule has 0 saturated carbocycles. The normalized spacial score (nSPS) is 17.7. The molecule has 0 spiro atoms. The van der Waals surface area contributed by atoms with Gasteiger partial charge in [-0.3, -0.25) is 9.59 Å². The lowest BCUT2D eigenvalue weighted by Crippen LogP contribution is -2.45. The summed E-state index contributed by atoms with van der Waals surface area (Å²) in [6, 6.07) is 24.0. The molecule has 0 bridgehead atoms. The minimum atomic E-state index is -0.591. The summed E-state index contributed by atoms with van der Waals surface area (Å²) in [5.74, 6) is 0.431. The third kappa shape index (κ3) is 4.04. The number of rotatable bonds is 6. The Morgan fingerprint density at radius 3 is 2.23 bits per heavy atom. The summed E-state index contributed by atoms with van der Waals surface area (Å²) in [6.07, 6.45) is 0.785. The average molecular weight is 415 g/mol. The Morgan fingerprint density at radius 1 is 0.903 bits per heavy atom. The van der Waals surface area contributed by atoms with E-state index >= 15 is 0 Å². The number of amides is 1. The molecule has 0 fully saturated rings. The van der Waals surface area contributed by atoms with Gasteiger partial charge in [0.05, 0.1) is 13.2 Å². The molecule has 5 nitrogen and oxygen atoms in total. The van der Waals surface area contributed by atoms with Crippen LogP contribution in [0.4, 0.5) is 0 Å². The number of nitrogens with zero attached hydrogens (tertiary/aromatic N) is 1. The van der Waals surface area contributed by atoms with Gasteiger partial charge in [0, 0.05) is 12.1 Å². The van der Waals surface area contributed by atoms with Gasteiger partial charge in [-0.1, -0.05) is 55.5 Å². The molecule has 3 aromatic carbocycles. The van der Waals surface area contributed by atoms with E-state index in [2.05, 4.69) is 0 Å². The summed E-state index contributed by atoms with van der Waals surface area (Å²) >= 11 is 0. The van der Waals surface area contributed by atoms with Gasteiger partial charge in [-0.15, -0.1) is 0 Å². The van der Waals surface area contributed by atoms with Crippen molar-refractivity contribution in [2.75, 3.05) is 13.7 Å². The van der Waals surface area contributed by atoms with Crippen molar-refractivity contribution < 1.29 is 19.1 Å². The van der Waals surface area contributed by atoms with Gasteiger partial charge < -0.3 is 14.4 Å². The zero-order chi connectivity index (χ0) is 21.8. The number of carbonyl (C=O) groups is 2. The molecule has 1 aliphatic rings. The highest BCUT2D eigenvalue weighted by Crippen LogP contribution is 2.43. The Morgan fingerprint density at radius 2 is 1.55 bits per heavy atom. The number of hydrogen-bond donors (Lipinski definition) is 0. The molecule has 1 aliphatic heterocycles. The molecular weight excluding hydrogens is 390 g/mol. The molecule has 1 amide bonds. The Hall–Kier alpha value is -3.60. The average Bonchev–Trinajstić information content (AvgIpc) is 2.81. The van der Waals surface area contributed by atoms with Gasteiger partial charge in [-0.2, -0.15) is 0 Å². The maximum atomic E-state index is 13.3. The van der Waals surface area contributed by atoms with Crippen LogP contribution in [0, 0.1) is 0 Å². The van der Waals surface area contributed by atoms with Crippen molar-refractivity contribution in [3.8, 4) is 11.5 Å². The van der Waals surface area contributed by atoms with E-state index < -0.39 is 12.0 Å². The molecule has 0 saturated heterocycles. The molecule has 0 unspecified atom stereocenters. The van der Waals surface area contributed by atoms with E-state index in [1.54, 1.807) is 11.0 Å². The number of fused-ring (bicyclic) bond motifs is 1. The molecule has 2 atom stereocenters. The molecule has 5 heteroatoms. The molecule has 3 aromatic rings. The molecule has 0 aliphatic carbocycles. The van der Waals surface area contributed by atoms with Crippen LogP contribution in [0.15, 0.2) is 78.9 Å². The van der Waals surface area contributed by atoms with Gasteiger partial charge >= 0.3 is 5.97 Å². The van der Waals surface area contributed by atoms with E-state index in [1.807, 2.05) is 79.7 Å². The molecule has 0 N–H and O–H groups in total. The van der Waals surface area contributed by atoms with Crippen molar-refractivity contribution >= 4 is 11.9 Å². The first kappa shape index (κ1) is 20.7. The SMILES string of the molecule is CCCN1C(=O)c2ccccc2[C@@H](C(=O)OC)[C@@H]1c1ccc(Oc2ccccc2)cc1. The Kier molecular flexibility index (Phi) is 6.03. The number of ether oxygens (including phenoxy) is 2. The van der Waals surface area contributed by atoms with Gasteiger partial charge in [0.2, 0.25) is 0 Å². The summed E-state index contributed by atoms with van der Waals surface area (Å²) in [6.45, 7) is 2.57. The predicted molar refractivity (Wildman–Crippen MR) is 118 cm³/mol. The Bertz CT molecular complexity index is 1060. The van der Waals surface area contributed by atoms with Crippen molar-refractivity contribution in [3.05, 3.63) is 95.6 Å². The maximum Gasteiger partial charge on any atom is 0.315 e. The van der Waals surface area contributed by atoms with E-state index in [1.165, 1.54) is 7.11 Å². The second-order valence-corrected chi connectivity index (χ2v) is 7.52. The standard InChI is InChI=1S/C26H25NO4/c1-3-17-27-24(18-13-15-20(16-14-18)31-19-9-5-4-6-10-19)23(26(29)30-2)21-11-7-8-12-22(21)25(27)28/h4-16,23-24H,3,17H2,1-2H3/t23-,24+/m1/s1. The number of carbonyl (C=O) groups excluding carboxylic acids is 2. The highest BCUT2D eigenvalue weighted by atomic mass is 16.5. The summed E-state index contributed by atoms with van der Waals surface area (Å²) < 4.78 is 11.1. The highest BCUT2D eigenvalue weighted by molar-refractivity contribution is 6.00. The topological polar surface area (TPSA) is 55.8 Å². The van der Waals surface area contributed by atoms with E-state index in [-0.39, 0.29) is 11.9 Å². The second-order valence-electron chi connectivity index (χ2n) is 7.52. The third-order valence-corrected chi connectivity index (χ3v) is 5.56. The van der Waals surface area contributed by atoms with Gasteiger partial charge in [-0.05, 0) is 47.9 Å². The lowest BCUT2D eigenvalue weighted by Gasteiger charge is -2.41. The van der Waals surface area contributed by atoms with Crippen LogP contribution in [0.2, 0.25) is 0 Å². The minimum Gasteiger partial charge on any atom is -0.468 e. The van der Waals surface area contributed by atoms with E-state index in [4.69, 9.17) is 9.47 Å². The maximum absolute atomic E-state index is 13.3. The van der Waals surface area contributed by atoms with Crippen molar-refractivity contribution in [2.24, 2.45) is 0 Å². The lowest BCUT2D eigenvalue weighted by molar-refractivity contribution is -0.144. The van der Waals surface area contributed by atoms with Crippen molar-refractivity contribution in [1.29, 1.82) is 0 Å². The number of benzene rings is 3. The summed E-state index contributed by atoms with van der Waals surface area (Å²) in [4.78, 5) is 28.0. The van der Waals surface area contributed by atoms with Crippen molar-refractivity contribution in [3.63, 3.8) is 0 Å². The molecule has 4 rings (SSSR count). The van der Waals surface area contributed by atoms with E-state index in [9.17, 15) is 9.59 Å². The molecule has 1 heterocycles. The summed E-state index contributed by atoms with van der Waals surface area (Å²) in [7, 11) is 1.39. The van der Waals surface area contributed by atoms with Gasteiger partial charge in [-0.25, -0.2) is 0 Å². The molecule has 31 heavy (non-hydrogen) atoms. The monoisotopic (exact) mass is 415 g/mol. The van der Waals surface area contributed by atoms with Crippen LogP contribution >= 0.6 is 0 Å². The fraction of sp³-hybridized carbons (Fsp3) is 0.231. The number of methoxy groups -OCH3 is 1. The minimum absolute atomic E-state index is 0.0628. The first-order chi connectivity index (χ1) is 15.1. The van der Waals surface area contributed by atoms with Crippen molar-refractivity contribution in [1.82, 2.24) is 4.90 Å². The molecular formula is C26H25NO4. The third-order valence-electron chi connectivity index (χ3n) is 5.56. The van der Waals surface area contributed by atoms with Crippen LogP contribution in [0.1, 0.15) is 46.8 Å². The Labute approximate surface area is 182 Å². The van der Waals surface area contributed by atoms with Gasteiger partial charge in [0.25, 0.3) is 5.91 Å². The fourth-order valence-corrected chi connectivity index (χ4v) is 4.19. The predicted octanol–water partition coefficient (Wildman–Crippen LogP) is 5.34. The first-order valence-electron chi connectivity index (χ1n) is 10.4. The number of hydrogen-bond acceptors (Lipinski definition) is 4. The summed E-state index contributed by atoms with van der Waals surface area (Å²) in [5, 5.41) is 0. The van der Waals surface area contributed by atoms with Gasteiger partial charge in [0.1, 0.15) is 17.4 Å². The van der Waals surface area contributed by atoms with Crippen LogP contribution < -0.4 is 4.74 Å². The number of esters is 1. The van der Waals surface area contributed by atoms with Crippen LogP contribution in [-0.2, 0) is 9.53 Å². The largest absolute Gasteiger partial charge is 0.468 e. The lowest BCUT2D eigenvalue weighted by atomic mass is 9.79. The van der Waals surface area contributed by atoms with Gasteiger partial charge in [0.15, 0.2) is 0 Å². The molecule has 0 radical (unpaired) electrons. The highest BCUT2D eigenvalue weighted by Gasteiger charge is 2.44. The van der Waals surface area contributed by atoms with Crippen LogP contribution in [0.3, 0.4) is 0 Å². The quantitative estimate of drug-likeness (QED) is 0.510. The zero-order valence-electron chi connectivity index (χ0n) is 17.7. The molecule has 0 aromatic heterocycles. The Balaban J connectivity index is 1.74.